The maximum Gasteiger partial charge on any atom is 0.337 e. The zero-order valence-corrected chi connectivity index (χ0v) is 20.9. The lowest BCUT2D eigenvalue weighted by molar-refractivity contribution is 0.184. The number of hydrogen-bond donors (Lipinski definition) is 1. The fourth-order valence-corrected chi connectivity index (χ4v) is 4.28. The summed E-state index contributed by atoms with van der Waals surface area (Å²) in [5.74, 6) is 0.810. The average Bonchev–Trinajstić information content (AvgIpc) is 2.95. The van der Waals surface area contributed by atoms with Gasteiger partial charge in [0.15, 0.2) is 0 Å². The molecular weight excluding hydrogens is 436 g/mol. The molecule has 1 N–H and O–H groups in total. The summed E-state index contributed by atoms with van der Waals surface area (Å²) in [4.78, 5) is 15.0. The van der Waals surface area contributed by atoms with Gasteiger partial charge in [-0.3, -0.25) is 4.90 Å². The predicted molar refractivity (Wildman–Crippen MR) is 136 cm³/mol. The molecule has 0 spiro atoms. The number of benzene rings is 2. The van der Waals surface area contributed by atoms with Crippen LogP contribution in [0.2, 0.25) is 5.02 Å². The molecule has 2 aromatic carbocycles. The molecule has 6 nitrogen and oxygen atoms in total. The van der Waals surface area contributed by atoms with E-state index < -0.39 is 0 Å². The van der Waals surface area contributed by atoms with Crippen LogP contribution in [0.15, 0.2) is 47.6 Å². The molecule has 2 aromatic rings. The summed E-state index contributed by atoms with van der Waals surface area (Å²) in [6, 6.07) is 13.4. The van der Waals surface area contributed by atoms with Crippen molar-refractivity contribution in [1.82, 2.24) is 15.2 Å². The summed E-state index contributed by atoms with van der Waals surface area (Å²) in [6.45, 7) is 10.1. The smallest absolute Gasteiger partial charge is 0.337 e. The highest BCUT2D eigenvalue weighted by Crippen LogP contribution is 2.28. The Bertz CT molecular complexity index is 955. The number of hydrogen-bond acceptors (Lipinski definition) is 4. The molecular formula is C26H35ClN4O2. The van der Waals surface area contributed by atoms with Gasteiger partial charge in [-0.1, -0.05) is 43.6 Å². The zero-order chi connectivity index (χ0) is 23.8. The molecule has 1 aliphatic heterocycles. The zero-order valence-electron chi connectivity index (χ0n) is 20.1. The molecule has 33 heavy (non-hydrogen) atoms. The number of ether oxygens (including phenoxy) is 1. The minimum absolute atomic E-state index is 0.0862. The van der Waals surface area contributed by atoms with Crippen LogP contribution in [0, 0.1) is 0 Å². The van der Waals surface area contributed by atoms with E-state index in [-0.39, 0.29) is 12.1 Å². The fraction of sp³-hybridized carbons (Fsp3) is 0.462. The predicted octanol–water partition coefficient (Wildman–Crippen LogP) is 5.18. The number of carbonyl (C=O) groups excluding carboxylic acids is 1. The van der Waals surface area contributed by atoms with E-state index in [1.807, 2.05) is 43.3 Å². The molecule has 0 aliphatic carbocycles. The highest BCUT2D eigenvalue weighted by Gasteiger charge is 2.27. The van der Waals surface area contributed by atoms with E-state index in [1.165, 1.54) is 5.01 Å². The minimum atomic E-state index is -0.231. The molecule has 2 amide bonds. The maximum atomic E-state index is 12.5. The lowest BCUT2D eigenvalue weighted by atomic mass is 9.94. The molecule has 1 atom stereocenters. The van der Waals surface area contributed by atoms with Crippen molar-refractivity contribution in [3.8, 4) is 5.75 Å². The molecule has 0 saturated carbocycles. The first-order valence-corrected chi connectivity index (χ1v) is 12.2. The van der Waals surface area contributed by atoms with Gasteiger partial charge in [0.05, 0.1) is 11.8 Å². The second-order valence-electron chi connectivity index (χ2n) is 8.42. The molecule has 1 aliphatic rings. The Labute approximate surface area is 202 Å². The Morgan fingerprint density at radius 2 is 1.85 bits per heavy atom. The van der Waals surface area contributed by atoms with E-state index in [0.717, 1.165) is 60.6 Å². The second kappa shape index (κ2) is 12.1. The van der Waals surface area contributed by atoms with Crippen LogP contribution in [0.4, 0.5) is 4.79 Å². The topological polar surface area (TPSA) is 57.2 Å². The van der Waals surface area contributed by atoms with E-state index in [1.54, 1.807) is 7.05 Å². The number of nitrogens with zero attached hydrogens (tertiary/aromatic N) is 3. The van der Waals surface area contributed by atoms with E-state index in [9.17, 15) is 4.79 Å². The number of carbonyl (C=O) groups is 1. The third-order valence-corrected chi connectivity index (χ3v) is 6.02. The molecule has 178 valence electrons. The number of rotatable bonds is 9. The lowest BCUT2D eigenvalue weighted by Crippen LogP contribution is -2.41. The molecule has 0 saturated heterocycles. The summed E-state index contributed by atoms with van der Waals surface area (Å²) in [5, 5.41) is 9.68. The van der Waals surface area contributed by atoms with Crippen molar-refractivity contribution in [3.63, 3.8) is 0 Å². The highest BCUT2D eigenvalue weighted by molar-refractivity contribution is 6.30. The highest BCUT2D eigenvalue weighted by atomic mass is 35.5. The first kappa shape index (κ1) is 25.1. The van der Waals surface area contributed by atoms with E-state index in [4.69, 9.17) is 21.4 Å². The van der Waals surface area contributed by atoms with Crippen molar-refractivity contribution in [1.29, 1.82) is 0 Å². The summed E-state index contributed by atoms with van der Waals surface area (Å²) >= 11 is 6.12. The number of fused-ring (bicyclic) bond motifs is 1. The van der Waals surface area contributed by atoms with Gasteiger partial charge < -0.3 is 10.1 Å². The van der Waals surface area contributed by atoms with E-state index in [0.29, 0.717) is 18.1 Å². The summed E-state index contributed by atoms with van der Waals surface area (Å²) in [6.07, 6.45) is 2.98. The van der Waals surface area contributed by atoms with Crippen LogP contribution >= 0.6 is 11.6 Å². The number of nitrogens with one attached hydrogen (secondary N) is 1. The first-order chi connectivity index (χ1) is 16.0. The normalized spacial score (nSPS) is 15.6. The summed E-state index contributed by atoms with van der Waals surface area (Å²) < 4.78 is 6.15. The summed E-state index contributed by atoms with van der Waals surface area (Å²) in [5.41, 5.74) is 3.75. The van der Waals surface area contributed by atoms with Gasteiger partial charge in [0, 0.05) is 29.7 Å². The van der Waals surface area contributed by atoms with Crippen molar-refractivity contribution in [2.45, 2.75) is 46.1 Å². The number of hydrazone groups is 1. The van der Waals surface area contributed by atoms with Gasteiger partial charge in [0.2, 0.25) is 0 Å². The van der Waals surface area contributed by atoms with Gasteiger partial charge >= 0.3 is 6.03 Å². The Balaban J connectivity index is 1.91. The molecule has 0 bridgehead atoms. The Hall–Kier alpha value is -2.57. The van der Waals surface area contributed by atoms with Crippen molar-refractivity contribution in [2.24, 2.45) is 5.10 Å². The van der Waals surface area contributed by atoms with Crippen LogP contribution in [0.5, 0.6) is 5.75 Å². The molecule has 0 aromatic heterocycles. The molecule has 1 unspecified atom stereocenters. The van der Waals surface area contributed by atoms with Crippen LogP contribution in [-0.4, -0.2) is 61.0 Å². The van der Waals surface area contributed by atoms with Gasteiger partial charge in [0.1, 0.15) is 12.4 Å². The average molecular weight is 471 g/mol. The molecule has 1 heterocycles. The van der Waals surface area contributed by atoms with Crippen LogP contribution in [-0.2, 0) is 6.42 Å². The van der Waals surface area contributed by atoms with Crippen LogP contribution in [0.25, 0.3) is 0 Å². The molecule has 0 radical (unpaired) electrons. The number of amides is 2. The second-order valence-corrected chi connectivity index (χ2v) is 8.85. The van der Waals surface area contributed by atoms with Crippen LogP contribution in [0.1, 0.15) is 50.3 Å². The summed E-state index contributed by atoms with van der Waals surface area (Å²) in [7, 11) is 1.62. The Kier molecular flexibility index (Phi) is 9.15. The van der Waals surface area contributed by atoms with Crippen molar-refractivity contribution >= 4 is 23.3 Å². The quantitative estimate of drug-likeness (QED) is 0.549. The van der Waals surface area contributed by atoms with Crippen molar-refractivity contribution in [2.75, 3.05) is 33.3 Å². The maximum absolute atomic E-state index is 12.5. The Morgan fingerprint density at radius 3 is 2.48 bits per heavy atom. The van der Waals surface area contributed by atoms with Gasteiger partial charge in [0.25, 0.3) is 0 Å². The van der Waals surface area contributed by atoms with E-state index >= 15 is 0 Å². The van der Waals surface area contributed by atoms with Crippen LogP contribution in [0.3, 0.4) is 0 Å². The largest absolute Gasteiger partial charge is 0.492 e. The fourth-order valence-electron chi connectivity index (χ4n) is 4.15. The monoisotopic (exact) mass is 470 g/mol. The van der Waals surface area contributed by atoms with Gasteiger partial charge in [-0.15, -0.1) is 0 Å². The third kappa shape index (κ3) is 6.49. The van der Waals surface area contributed by atoms with Gasteiger partial charge in [-0.05, 0) is 69.1 Å². The molecule has 7 heteroatoms. The van der Waals surface area contributed by atoms with Gasteiger partial charge in [-0.2, -0.15) is 5.10 Å². The first-order valence-electron chi connectivity index (χ1n) is 11.8. The van der Waals surface area contributed by atoms with Crippen LogP contribution < -0.4 is 10.1 Å². The SMILES string of the molecule is CCCN(CCC)CCOc1ccc2c(c1)C(c1ccc(Cl)cc1)=NN(C(=O)NC)C(C)C2. The number of urea groups is 1. The number of halogens is 1. The standard InChI is InChI=1S/C26H35ClN4O2/c1-5-13-30(14-6-2)15-16-33-23-12-9-21-17-19(3)31(26(32)28-4)29-25(24(21)18-23)20-7-10-22(27)11-8-20/h7-12,18-19H,5-6,13-17H2,1-4H3,(H,28,32). The lowest BCUT2D eigenvalue weighted by Gasteiger charge is -2.22. The minimum Gasteiger partial charge on any atom is -0.492 e. The third-order valence-electron chi connectivity index (χ3n) is 5.77. The molecule has 0 fully saturated rings. The Morgan fingerprint density at radius 1 is 1.15 bits per heavy atom. The molecule has 3 rings (SSSR count). The van der Waals surface area contributed by atoms with Crippen molar-refractivity contribution in [3.05, 3.63) is 64.2 Å². The van der Waals surface area contributed by atoms with Gasteiger partial charge in [-0.25, -0.2) is 9.80 Å². The van der Waals surface area contributed by atoms with Crippen molar-refractivity contribution < 1.29 is 9.53 Å². The van der Waals surface area contributed by atoms with E-state index in [2.05, 4.69) is 30.1 Å².